The first-order valence-corrected chi connectivity index (χ1v) is 6.46. The number of carbonyl (C=O) groups is 2. The monoisotopic (exact) mass is 289 g/mol. The molecule has 3 heterocycles. The second-order valence-corrected chi connectivity index (χ2v) is 4.98. The largest absolute Gasteiger partial charge is 0.383 e. The molecule has 1 fully saturated rings. The van der Waals surface area contributed by atoms with E-state index in [0.717, 1.165) is 0 Å². The summed E-state index contributed by atoms with van der Waals surface area (Å²) in [6, 6.07) is 0. The summed E-state index contributed by atoms with van der Waals surface area (Å²) in [5.74, 6) is -0.350. The van der Waals surface area contributed by atoms with Crippen LogP contribution in [0.25, 0.3) is 11.0 Å². The van der Waals surface area contributed by atoms with E-state index in [1.165, 1.54) is 9.80 Å². The molecule has 2 N–H and O–H groups in total. The van der Waals surface area contributed by atoms with Gasteiger partial charge in [-0.1, -0.05) is 0 Å². The van der Waals surface area contributed by atoms with Crippen LogP contribution in [0.15, 0.2) is 6.20 Å². The minimum absolute atomic E-state index is 0.156. The van der Waals surface area contributed by atoms with E-state index in [4.69, 9.17) is 5.73 Å². The number of anilines is 1. The topological polar surface area (TPSA) is 110 Å². The lowest BCUT2D eigenvalue weighted by Gasteiger charge is -2.30. The summed E-state index contributed by atoms with van der Waals surface area (Å²) in [6.45, 7) is 1.10. The molecule has 0 bridgehead atoms. The summed E-state index contributed by atoms with van der Waals surface area (Å²) in [4.78, 5) is 35.0. The van der Waals surface area contributed by atoms with Gasteiger partial charge in [0.05, 0.1) is 18.1 Å². The van der Waals surface area contributed by atoms with Crippen molar-refractivity contribution in [2.24, 2.45) is 7.05 Å². The number of nitrogen functional groups attached to an aromatic ring is 1. The summed E-state index contributed by atoms with van der Waals surface area (Å²) in [5, 5.41) is 4.74. The van der Waals surface area contributed by atoms with Crippen molar-refractivity contribution in [2.45, 2.75) is 6.54 Å². The average molecular weight is 289 g/mol. The third-order valence-electron chi connectivity index (χ3n) is 3.52. The molecule has 9 nitrogen and oxygen atoms in total. The predicted octanol–water partition coefficient (Wildman–Crippen LogP) is -1.25. The first-order valence-electron chi connectivity index (χ1n) is 6.46. The van der Waals surface area contributed by atoms with E-state index < -0.39 is 11.8 Å². The number of likely N-dealkylation sites (N-methyl/N-ethyl adjacent to an activating group) is 1. The van der Waals surface area contributed by atoms with Gasteiger partial charge in [0.15, 0.2) is 11.5 Å². The Labute approximate surface area is 120 Å². The summed E-state index contributed by atoms with van der Waals surface area (Å²) >= 11 is 0. The van der Waals surface area contributed by atoms with E-state index >= 15 is 0 Å². The van der Waals surface area contributed by atoms with Crippen LogP contribution in [0, 0.1) is 0 Å². The van der Waals surface area contributed by atoms with Gasteiger partial charge in [-0.2, -0.15) is 5.10 Å². The number of aryl methyl sites for hydroxylation is 1. The lowest BCUT2D eigenvalue weighted by Crippen LogP contribution is -2.52. The third-order valence-corrected chi connectivity index (χ3v) is 3.52. The molecule has 9 heteroatoms. The molecule has 2 amide bonds. The van der Waals surface area contributed by atoms with Gasteiger partial charge in [-0.25, -0.2) is 9.97 Å². The van der Waals surface area contributed by atoms with E-state index in [2.05, 4.69) is 15.1 Å². The Kier molecular flexibility index (Phi) is 2.96. The molecule has 0 saturated carbocycles. The SMILES string of the molecule is CN1CCN(Cc2nc(N)c3cnn(C)c3n2)C(=O)C1=O. The van der Waals surface area contributed by atoms with Gasteiger partial charge in [-0.05, 0) is 0 Å². The molecule has 21 heavy (non-hydrogen) atoms. The zero-order valence-electron chi connectivity index (χ0n) is 11.8. The van der Waals surface area contributed by atoms with Crippen molar-refractivity contribution in [1.82, 2.24) is 29.5 Å². The fraction of sp³-hybridized carbons (Fsp3) is 0.417. The maximum absolute atomic E-state index is 11.9. The van der Waals surface area contributed by atoms with Gasteiger partial charge in [0.2, 0.25) is 0 Å². The lowest BCUT2D eigenvalue weighted by atomic mass is 10.3. The number of rotatable bonds is 2. The van der Waals surface area contributed by atoms with Crippen molar-refractivity contribution in [3.05, 3.63) is 12.0 Å². The molecule has 0 unspecified atom stereocenters. The van der Waals surface area contributed by atoms with Crippen molar-refractivity contribution < 1.29 is 9.59 Å². The van der Waals surface area contributed by atoms with E-state index in [0.29, 0.717) is 35.8 Å². The Morgan fingerprint density at radius 3 is 2.71 bits per heavy atom. The van der Waals surface area contributed by atoms with Crippen LogP contribution in [-0.2, 0) is 23.2 Å². The Morgan fingerprint density at radius 1 is 1.19 bits per heavy atom. The third kappa shape index (κ3) is 2.16. The van der Waals surface area contributed by atoms with Gasteiger partial charge in [-0.15, -0.1) is 0 Å². The van der Waals surface area contributed by atoms with Crippen molar-refractivity contribution >= 4 is 28.7 Å². The van der Waals surface area contributed by atoms with Crippen molar-refractivity contribution in [3.8, 4) is 0 Å². The van der Waals surface area contributed by atoms with Crippen LogP contribution in [0.2, 0.25) is 0 Å². The molecule has 2 aromatic rings. The molecule has 0 atom stereocenters. The molecule has 0 radical (unpaired) electrons. The van der Waals surface area contributed by atoms with Crippen LogP contribution in [0.3, 0.4) is 0 Å². The van der Waals surface area contributed by atoms with E-state index in [9.17, 15) is 9.59 Å². The minimum atomic E-state index is -0.545. The molecule has 0 spiro atoms. The Morgan fingerprint density at radius 2 is 1.95 bits per heavy atom. The number of nitrogens with two attached hydrogens (primary N) is 1. The summed E-state index contributed by atoms with van der Waals surface area (Å²) in [6.07, 6.45) is 1.60. The van der Waals surface area contributed by atoms with Gasteiger partial charge in [0, 0.05) is 27.2 Å². The quantitative estimate of drug-likeness (QED) is 0.691. The number of fused-ring (bicyclic) bond motifs is 1. The molecular formula is C12H15N7O2. The van der Waals surface area contributed by atoms with Gasteiger partial charge < -0.3 is 15.5 Å². The Bertz CT molecular complexity index is 739. The molecule has 1 aliphatic heterocycles. The van der Waals surface area contributed by atoms with Crippen molar-refractivity contribution in [3.63, 3.8) is 0 Å². The smallest absolute Gasteiger partial charge is 0.312 e. The van der Waals surface area contributed by atoms with Gasteiger partial charge >= 0.3 is 11.8 Å². The first kappa shape index (κ1) is 13.3. The van der Waals surface area contributed by atoms with Crippen LogP contribution in [0.1, 0.15) is 5.82 Å². The van der Waals surface area contributed by atoms with Crippen LogP contribution < -0.4 is 5.73 Å². The lowest BCUT2D eigenvalue weighted by molar-refractivity contribution is -0.155. The summed E-state index contributed by atoms with van der Waals surface area (Å²) < 4.78 is 1.59. The normalized spacial score (nSPS) is 16.1. The molecule has 1 saturated heterocycles. The Balaban J connectivity index is 1.90. The van der Waals surface area contributed by atoms with E-state index in [-0.39, 0.29) is 6.54 Å². The number of aromatic nitrogens is 4. The van der Waals surface area contributed by atoms with Crippen LogP contribution in [0.4, 0.5) is 5.82 Å². The highest BCUT2D eigenvalue weighted by Crippen LogP contribution is 2.17. The van der Waals surface area contributed by atoms with Crippen molar-refractivity contribution in [1.29, 1.82) is 0 Å². The van der Waals surface area contributed by atoms with Crippen LogP contribution in [-0.4, -0.2) is 61.5 Å². The van der Waals surface area contributed by atoms with E-state index in [1.54, 1.807) is 25.0 Å². The molecule has 0 aliphatic carbocycles. The van der Waals surface area contributed by atoms with Crippen LogP contribution >= 0.6 is 0 Å². The number of amides is 2. The number of nitrogens with zero attached hydrogens (tertiary/aromatic N) is 6. The van der Waals surface area contributed by atoms with Gasteiger partial charge in [0.25, 0.3) is 0 Å². The second-order valence-electron chi connectivity index (χ2n) is 4.98. The maximum Gasteiger partial charge on any atom is 0.312 e. The highest BCUT2D eigenvalue weighted by atomic mass is 16.2. The molecule has 0 aromatic carbocycles. The first-order chi connectivity index (χ1) is 9.97. The fourth-order valence-corrected chi connectivity index (χ4v) is 2.26. The predicted molar refractivity (Wildman–Crippen MR) is 73.8 cm³/mol. The van der Waals surface area contributed by atoms with Gasteiger partial charge in [-0.3, -0.25) is 14.3 Å². The van der Waals surface area contributed by atoms with Gasteiger partial charge in [0.1, 0.15) is 5.82 Å². The molecular weight excluding hydrogens is 274 g/mol. The second kappa shape index (κ2) is 4.69. The standard InChI is InChI=1S/C12H15N7O2/c1-17-3-4-19(12(21)11(17)20)6-8-15-9(13)7-5-14-18(2)10(7)16-8/h5H,3-4,6H2,1-2H3,(H2,13,15,16). The molecule has 110 valence electrons. The van der Waals surface area contributed by atoms with Crippen molar-refractivity contribution in [2.75, 3.05) is 25.9 Å². The zero-order chi connectivity index (χ0) is 15.1. The highest BCUT2D eigenvalue weighted by Gasteiger charge is 2.30. The Hall–Kier alpha value is -2.71. The molecule has 1 aliphatic rings. The average Bonchev–Trinajstić information content (AvgIpc) is 2.82. The minimum Gasteiger partial charge on any atom is -0.383 e. The summed E-state index contributed by atoms with van der Waals surface area (Å²) in [7, 11) is 3.36. The molecule has 2 aromatic heterocycles. The maximum atomic E-state index is 11.9. The number of carbonyl (C=O) groups excluding carboxylic acids is 2. The number of piperazine rings is 1. The summed E-state index contributed by atoms with van der Waals surface area (Å²) in [5.41, 5.74) is 6.48. The molecule has 3 rings (SSSR count). The highest BCUT2D eigenvalue weighted by molar-refractivity contribution is 6.35. The fourth-order valence-electron chi connectivity index (χ4n) is 2.26. The number of hydrogen-bond donors (Lipinski definition) is 1. The van der Waals surface area contributed by atoms with Crippen LogP contribution in [0.5, 0.6) is 0 Å². The zero-order valence-corrected chi connectivity index (χ0v) is 11.8. The van der Waals surface area contributed by atoms with E-state index in [1.807, 2.05) is 0 Å². The number of hydrogen-bond acceptors (Lipinski definition) is 6.